The van der Waals surface area contributed by atoms with Gasteiger partial charge in [0, 0.05) is 17.6 Å². The van der Waals surface area contributed by atoms with Gasteiger partial charge in [0.2, 0.25) is 0 Å². The van der Waals surface area contributed by atoms with Gasteiger partial charge in [-0.2, -0.15) is 0 Å². The van der Waals surface area contributed by atoms with Crippen LogP contribution in [0.2, 0.25) is 0 Å². The Morgan fingerprint density at radius 1 is 1.04 bits per heavy atom. The van der Waals surface area contributed by atoms with Crippen LogP contribution < -0.4 is 15.4 Å². The van der Waals surface area contributed by atoms with E-state index >= 15 is 0 Å². The van der Waals surface area contributed by atoms with Crippen LogP contribution in [0.3, 0.4) is 0 Å². The predicted octanol–water partition coefficient (Wildman–Crippen LogP) is 3.53. The molecule has 2 aromatic rings. The monoisotopic (exact) mass is 364 g/mol. The molecule has 1 aliphatic carbocycles. The fraction of sp³-hybridized carbons (Fsp3) is 0.238. The quantitative estimate of drug-likeness (QED) is 0.724. The highest BCUT2D eigenvalue weighted by Gasteiger charge is 2.41. The summed E-state index contributed by atoms with van der Waals surface area (Å²) in [5, 5.41) is 15.9. The number of para-hydroxylation sites is 1. The van der Waals surface area contributed by atoms with Crippen molar-refractivity contribution in [3.05, 3.63) is 65.9 Å². The first-order chi connectivity index (χ1) is 13.1. The van der Waals surface area contributed by atoms with Gasteiger partial charge in [-0.05, 0) is 49.2 Å². The van der Waals surface area contributed by atoms with Crippen molar-refractivity contribution in [1.29, 1.82) is 0 Å². The number of ether oxygens (including phenoxy) is 1. The first kappa shape index (κ1) is 17.1. The molecule has 3 N–H and O–H groups in total. The summed E-state index contributed by atoms with van der Waals surface area (Å²) in [4.78, 5) is 24.8. The van der Waals surface area contributed by atoms with Crippen molar-refractivity contribution >= 4 is 17.5 Å². The van der Waals surface area contributed by atoms with Gasteiger partial charge in [-0.3, -0.25) is 9.59 Å². The second-order valence-corrected chi connectivity index (χ2v) is 6.77. The van der Waals surface area contributed by atoms with Gasteiger partial charge in [-0.1, -0.05) is 24.6 Å². The van der Waals surface area contributed by atoms with E-state index in [2.05, 4.69) is 10.6 Å². The minimum atomic E-state index is -0.605. The molecule has 27 heavy (non-hydrogen) atoms. The Balaban J connectivity index is 1.46. The molecule has 0 radical (unpaired) electrons. The van der Waals surface area contributed by atoms with Gasteiger partial charge in [-0.15, -0.1) is 0 Å². The maximum Gasteiger partial charge on any atom is 0.264 e. The zero-order valence-electron chi connectivity index (χ0n) is 14.6. The molecule has 1 aliphatic heterocycles. The lowest BCUT2D eigenvalue weighted by molar-refractivity contribution is -0.123. The van der Waals surface area contributed by atoms with E-state index in [0.717, 1.165) is 19.3 Å². The second kappa shape index (κ2) is 7.15. The normalized spacial score (nSPS) is 21.4. The highest BCUT2D eigenvalue weighted by Crippen LogP contribution is 2.35. The van der Waals surface area contributed by atoms with Gasteiger partial charge in [0.25, 0.3) is 11.8 Å². The van der Waals surface area contributed by atoms with Crippen molar-refractivity contribution in [2.45, 2.75) is 25.3 Å². The fourth-order valence-corrected chi connectivity index (χ4v) is 3.65. The summed E-state index contributed by atoms with van der Waals surface area (Å²) in [7, 11) is 0. The molecule has 1 heterocycles. The van der Waals surface area contributed by atoms with Crippen LogP contribution in [0.25, 0.3) is 0 Å². The van der Waals surface area contributed by atoms with E-state index in [0.29, 0.717) is 17.2 Å². The van der Waals surface area contributed by atoms with Crippen molar-refractivity contribution in [1.82, 2.24) is 5.32 Å². The van der Waals surface area contributed by atoms with E-state index in [4.69, 9.17) is 4.74 Å². The first-order valence-corrected chi connectivity index (χ1v) is 9.00. The average molecular weight is 364 g/mol. The third kappa shape index (κ3) is 3.51. The molecule has 1 fully saturated rings. The summed E-state index contributed by atoms with van der Waals surface area (Å²) in [6.45, 7) is 0. The van der Waals surface area contributed by atoms with Gasteiger partial charge in [0.05, 0.1) is 0 Å². The predicted molar refractivity (Wildman–Crippen MR) is 101 cm³/mol. The molecular formula is C21H20N2O4. The second-order valence-electron chi connectivity index (χ2n) is 6.77. The van der Waals surface area contributed by atoms with Crippen molar-refractivity contribution in [3.8, 4) is 11.5 Å². The number of benzene rings is 2. The highest BCUT2D eigenvalue weighted by molar-refractivity contribution is 6.23. The number of hydrogen-bond acceptors (Lipinski definition) is 4. The molecule has 6 heteroatoms. The van der Waals surface area contributed by atoms with E-state index in [1.165, 1.54) is 0 Å². The maximum atomic E-state index is 12.5. The molecule has 6 nitrogen and oxygen atoms in total. The number of carbonyl (C=O) groups is 2. The van der Waals surface area contributed by atoms with Crippen molar-refractivity contribution in [3.63, 3.8) is 0 Å². The standard InChI is InChI=1S/C21H20N2O4/c24-19-16-7-4-8-17(16)23-21(26)18(19)20(25)22-13-9-11-15(12-10-13)27-14-5-2-1-3-6-14/h1-3,5-6,9-12,16-17,24H,4,7-8H2,(H,22,25)(H,23,26)/t16-,17+/m0/s1. The molecule has 0 spiro atoms. The van der Waals surface area contributed by atoms with Crippen LogP contribution in [0.15, 0.2) is 65.9 Å². The summed E-state index contributed by atoms with van der Waals surface area (Å²) >= 11 is 0. The van der Waals surface area contributed by atoms with Gasteiger partial charge in [-0.25, -0.2) is 0 Å². The van der Waals surface area contributed by atoms with Crippen LogP contribution in [0.5, 0.6) is 11.5 Å². The van der Waals surface area contributed by atoms with E-state index in [1.807, 2.05) is 30.3 Å². The van der Waals surface area contributed by atoms with E-state index in [-0.39, 0.29) is 23.3 Å². The molecule has 2 aromatic carbocycles. The molecule has 0 saturated heterocycles. The molecule has 0 unspecified atom stereocenters. The Morgan fingerprint density at radius 3 is 2.48 bits per heavy atom. The molecule has 2 aliphatic rings. The summed E-state index contributed by atoms with van der Waals surface area (Å²) in [5.74, 6) is -0.0306. The lowest BCUT2D eigenvalue weighted by Crippen LogP contribution is -2.46. The van der Waals surface area contributed by atoms with E-state index in [9.17, 15) is 14.7 Å². The highest BCUT2D eigenvalue weighted by atomic mass is 16.5. The number of hydrogen-bond donors (Lipinski definition) is 3. The number of aliphatic hydroxyl groups excluding tert-OH is 1. The largest absolute Gasteiger partial charge is 0.511 e. The molecule has 4 rings (SSSR count). The van der Waals surface area contributed by atoms with E-state index < -0.39 is 11.8 Å². The molecule has 1 saturated carbocycles. The Morgan fingerprint density at radius 2 is 1.74 bits per heavy atom. The number of amides is 2. The fourth-order valence-electron chi connectivity index (χ4n) is 3.65. The molecule has 2 amide bonds. The Hall–Kier alpha value is -3.28. The lowest BCUT2D eigenvalue weighted by atomic mass is 9.92. The SMILES string of the molecule is O=C(Nc1ccc(Oc2ccccc2)cc1)C1=C(O)[C@H]2CCC[C@H]2NC1=O. The molecule has 2 atom stereocenters. The first-order valence-electron chi connectivity index (χ1n) is 9.00. The Bertz CT molecular complexity index is 890. The number of carbonyl (C=O) groups excluding carboxylic acids is 2. The van der Waals surface area contributed by atoms with Crippen molar-refractivity contribution < 1.29 is 19.4 Å². The minimum absolute atomic E-state index is 0.0662. The molecule has 0 aromatic heterocycles. The third-order valence-corrected chi connectivity index (χ3v) is 4.99. The number of anilines is 1. The van der Waals surface area contributed by atoms with Crippen LogP contribution in [-0.4, -0.2) is 23.0 Å². The number of aliphatic hydroxyl groups is 1. The summed E-state index contributed by atoms with van der Waals surface area (Å²) in [5.41, 5.74) is 0.324. The number of nitrogens with one attached hydrogen (secondary N) is 2. The zero-order chi connectivity index (χ0) is 18.8. The molecule has 138 valence electrons. The van der Waals surface area contributed by atoms with Gasteiger partial charge in [0.15, 0.2) is 0 Å². The zero-order valence-corrected chi connectivity index (χ0v) is 14.6. The van der Waals surface area contributed by atoms with Crippen LogP contribution >= 0.6 is 0 Å². The van der Waals surface area contributed by atoms with Crippen LogP contribution in [-0.2, 0) is 9.59 Å². The van der Waals surface area contributed by atoms with Crippen LogP contribution in [0, 0.1) is 5.92 Å². The lowest BCUT2D eigenvalue weighted by Gasteiger charge is -2.27. The summed E-state index contributed by atoms with van der Waals surface area (Å²) in [6, 6.07) is 16.1. The van der Waals surface area contributed by atoms with Crippen molar-refractivity contribution in [2.24, 2.45) is 5.92 Å². The van der Waals surface area contributed by atoms with E-state index in [1.54, 1.807) is 24.3 Å². The third-order valence-electron chi connectivity index (χ3n) is 4.99. The van der Waals surface area contributed by atoms with Crippen molar-refractivity contribution in [2.75, 3.05) is 5.32 Å². The summed E-state index contributed by atoms with van der Waals surface area (Å²) in [6.07, 6.45) is 2.54. The smallest absolute Gasteiger partial charge is 0.264 e. The van der Waals surface area contributed by atoms with Gasteiger partial charge < -0.3 is 20.5 Å². The summed E-state index contributed by atoms with van der Waals surface area (Å²) < 4.78 is 5.71. The van der Waals surface area contributed by atoms with Crippen LogP contribution in [0.4, 0.5) is 5.69 Å². The van der Waals surface area contributed by atoms with Gasteiger partial charge >= 0.3 is 0 Å². The maximum absolute atomic E-state index is 12.5. The Kier molecular flexibility index (Phi) is 4.54. The molecule has 0 bridgehead atoms. The minimum Gasteiger partial charge on any atom is -0.511 e. The van der Waals surface area contributed by atoms with Crippen LogP contribution in [0.1, 0.15) is 19.3 Å². The Labute approximate surface area is 156 Å². The molecular weight excluding hydrogens is 344 g/mol. The van der Waals surface area contributed by atoms with Gasteiger partial charge in [0.1, 0.15) is 22.8 Å². The average Bonchev–Trinajstić information content (AvgIpc) is 3.13. The number of rotatable bonds is 4. The number of fused-ring (bicyclic) bond motifs is 1. The topological polar surface area (TPSA) is 87.7 Å².